The van der Waals surface area contributed by atoms with Gasteiger partial charge in [0, 0.05) is 17.3 Å². The highest BCUT2D eigenvalue weighted by atomic mass is 35.5. The van der Waals surface area contributed by atoms with Gasteiger partial charge in [0.05, 0.1) is 16.7 Å². The Morgan fingerprint density at radius 3 is 1.84 bits per heavy atom. The minimum absolute atomic E-state index is 0. The minimum atomic E-state index is 0. The fourth-order valence-electron chi connectivity index (χ4n) is 3.04. The highest BCUT2D eigenvalue weighted by Gasteiger charge is 2.07. The van der Waals surface area contributed by atoms with E-state index in [4.69, 9.17) is 10.7 Å². The predicted octanol–water partition coefficient (Wildman–Crippen LogP) is 5.55. The number of fused-ring (bicyclic) bond motifs is 2. The van der Waals surface area contributed by atoms with Gasteiger partial charge in [0.25, 0.3) is 0 Å². The topological polar surface area (TPSA) is 50.9 Å². The van der Waals surface area contributed by atoms with E-state index >= 15 is 0 Å². The minimum Gasteiger partial charge on any atom is -0.384 e. The number of nitrogens with zero attached hydrogens (tertiary/aromatic N) is 1. The van der Waals surface area contributed by atoms with E-state index in [0.717, 1.165) is 30.5 Å². The van der Waals surface area contributed by atoms with Crippen LogP contribution in [-0.4, -0.2) is 18.1 Å². The molecule has 2 aromatic carbocycles. The number of pyridine rings is 1. The first-order valence-corrected chi connectivity index (χ1v) is 8.61. The Morgan fingerprint density at radius 1 is 0.720 bits per heavy atom. The third-order valence-corrected chi connectivity index (χ3v) is 4.27. The Labute approximate surface area is 162 Å². The fourth-order valence-corrected chi connectivity index (χ4v) is 3.04. The van der Waals surface area contributed by atoms with Gasteiger partial charge in [-0.2, -0.15) is 0 Å². The lowest BCUT2D eigenvalue weighted by atomic mass is 10.1. The van der Waals surface area contributed by atoms with E-state index in [2.05, 4.69) is 41.7 Å². The summed E-state index contributed by atoms with van der Waals surface area (Å²) in [5, 5.41) is 6.06. The summed E-state index contributed by atoms with van der Waals surface area (Å²) in [6.07, 6.45) is 6.12. The normalized spacial score (nSPS) is 10.3. The summed E-state index contributed by atoms with van der Waals surface area (Å²) in [5.74, 6) is 0. The van der Waals surface area contributed by atoms with Gasteiger partial charge in [0.2, 0.25) is 0 Å². The smallest absolute Gasteiger partial charge is 0.0730 e. The molecule has 1 heterocycles. The first-order chi connectivity index (χ1) is 11.4. The summed E-state index contributed by atoms with van der Waals surface area (Å²) >= 11 is 0. The van der Waals surface area contributed by atoms with Gasteiger partial charge >= 0.3 is 0 Å². The highest BCUT2D eigenvalue weighted by Crippen LogP contribution is 2.30. The van der Waals surface area contributed by atoms with Gasteiger partial charge < -0.3 is 11.1 Å². The molecule has 0 fully saturated rings. The van der Waals surface area contributed by atoms with Crippen LogP contribution < -0.4 is 11.1 Å². The van der Waals surface area contributed by atoms with Crippen LogP contribution in [0.5, 0.6) is 0 Å². The summed E-state index contributed by atoms with van der Waals surface area (Å²) in [4.78, 5) is 4.76. The first kappa shape index (κ1) is 21.5. The molecule has 3 rings (SSSR count). The number of benzene rings is 2. The molecule has 5 heteroatoms. The number of para-hydroxylation sites is 2. The molecule has 0 spiro atoms. The maximum Gasteiger partial charge on any atom is 0.0730 e. The van der Waals surface area contributed by atoms with Crippen molar-refractivity contribution in [2.24, 2.45) is 5.73 Å². The number of nitrogens with two attached hydrogens (primary N) is 1. The Kier molecular flexibility index (Phi) is 9.58. The van der Waals surface area contributed by atoms with E-state index in [1.165, 1.54) is 42.1 Å². The van der Waals surface area contributed by atoms with Crippen molar-refractivity contribution >= 4 is 52.3 Å². The third-order valence-electron chi connectivity index (χ3n) is 4.27. The quantitative estimate of drug-likeness (QED) is 0.398. The molecule has 0 aliphatic rings. The molecule has 0 aliphatic heterocycles. The van der Waals surface area contributed by atoms with Gasteiger partial charge in [-0.25, -0.2) is 4.98 Å². The zero-order valence-corrected chi connectivity index (χ0v) is 16.0. The van der Waals surface area contributed by atoms with Crippen molar-refractivity contribution < 1.29 is 0 Å². The molecule has 0 aliphatic carbocycles. The molecule has 3 aromatic rings. The molecule has 3 N–H and O–H groups in total. The molecule has 0 saturated carbocycles. The summed E-state index contributed by atoms with van der Waals surface area (Å²) in [6.45, 7) is 1.81. The lowest BCUT2D eigenvalue weighted by Gasteiger charge is -2.13. The van der Waals surface area contributed by atoms with Crippen molar-refractivity contribution in [1.82, 2.24) is 4.98 Å². The molecule has 0 unspecified atom stereocenters. The summed E-state index contributed by atoms with van der Waals surface area (Å²) < 4.78 is 0. The van der Waals surface area contributed by atoms with Crippen molar-refractivity contribution in [2.75, 3.05) is 18.4 Å². The molecule has 0 amide bonds. The van der Waals surface area contributed by atoms with Crippen LogP contribution in [0.1, 0.15) is 32.1 Å². The van der Waals surface area contributed by atoms with Crippen molar-refractivity contribution in [3.63, 3.8) is 0 Å². The molecular formula is C20H27Cl2N3. The molecule has 0 saturated heterocycles. The summed E-state index contributed by atoms with van der Waals surface area (Å²) in [6, 6.07) is 16.7. The van der Waals surface area contributed by atoms with Crippen LogP contribution in [0.15, 0.2) is 48.5 Å². The number of anilines is 1. The average Bonchev–Trinajstić information content (AvgIpc) is 2.60. The van der Waals surface area contributed by atoms with Crippen molar-refractivity contribution in [3.05, 3.63) is 48.5 Å². The van der Waals surface area contributed by atoms with Crippen molar-refractivity contribution in [3.8, 4) is 0 Å². The second-order valence-corrected chi connectivity index (χ2v) is 6.00. The standard InChI is InChI=1S/C20H25N3.2ClH/c21-14-8-2-1-3-9-15-22-20-16-10-4-6-12-18(16)23-19-13-7-5-11-17(19)20;;/h4-7,10-13H,1-3,8-9,14-15,21H2,(H,22,23);2*1H. The predicted molar refractivity (Wildman–Crippen MR) is 114 cm³/mol. The lowest BCUT2D eigenvalue weighted by molar-refractivity contribution is 0.629. The van der Waals surface area contributed by atoms with Gasteiger partial charge in [-0.15, -0.1) is 24.8 Å². The molecule has 0 radical (unpaired) electrons. The second kappa shape index (κ2) is 11.1. The Morgan fingerprint density at radius 2 is 1.24 bits per heavy atom. The van der Waals surface area contributed by atoms with E-state index in [9.17, 15) is 0 Å². The molecular weight excluding hydrogens is 353 g/mol. The van der Waals surface area contributed by atoms with Gasteiger partial charge in [-0.05, 0) is 31.5 Å². The molecule has 0 bridgehead atoms. The number of halogens is 2. The molecule has 3 nitrogen and oxygen atoms in total. The van der Waals surface area contributed by atoms with Gasteiger partial charge in [-0.1, -0.05) is 55.7 Å². The number of hydrogen-bond acceptors (Lipinski definition) is 3. The highest BCUT2D eigenvalue weighted by molar-refractivity contribution is 6.07. The number of rotatable bonds is 8. The zero-order chi connectivity index (χ0) is 15.9. The van der Waals surface area contributed by atoms with Crippen LogP contribution in [0, 0.1) is 0 Å². The van der Waals surface area contributed by atoms with Crippen LogP contribution in [0.2, 0.25) is 0 Å². The van der Waals surface area contributed by atoms with Crippen LogP contribution >= 0.6 is 24.8 Å². The summed E-state index contributed by atoms with van der Waals surface area (Å²) in [5.41, 5.74) is 8.85. The Balaban J connectivity index is 0.00000156. The van der Waals surface area contributed by atoms with E-state index in [1.54, 1.807) is 0 Å². The van der Waals surface area contributed by atoms with Crippen molar-refractivity contribution in [2.45, 2.75) is 32.1 Å². The summed E-state index contributed by atoms with van der Waals surface area (Å²) in [7, 11) is 0. The first-order valence-electron chi connectivity index (χ1n) is 8.61. The maximum absolute atomic E-state index is 5.53. The van der Waals surface area contributed by atoms with Gasteiger partial charge in [-0.3, -0.25) is 0 Å². The number of aromatic nitrogens is 1. The number of unbranched alkanes of at least 4 members (excludes halogenated alkanes) is 4. The maximum atomic E-state index is 5.53. The van der Waals surface area contributed by atoms with E-state index in [-0.39, 0.29) is 24.8 Å². The van der Waals surface area contributed by atoms with Gasteiger partial charge in [0.15, 0.2) is 0 Å². The molecule has 0 atom stereocenters. The van der Waals surface area contributed by atoms with E-state index < -0.39 is 0 Å². The average molecular weight is 380 g/mol. The number of hydrogen-bond donors (Lipinski definition) is 2. The van der Waals surface area contributed by atoms with Crippen LogP contribution in [0.4, 0.5) is 5.69 Å². The van der Waals surface area contributed by atoms with Crippen LogP contribution in [0.3, 0.4) is 0 Å². The van der Waals surface area contributed by atoms with Gasteiger partial charge in [0.1, 0.15) is 0 Å². The third kappa shape index (κ3) is 5.46. The van der Waals surface area contributed by atoms with E-state index in [1.807, 2.05) is 12.1 Å². The fraction of sp³-hybridized carbons (Fsp3) is 0.350. The van der Waals surface area contributed by atoms with Crippen LogP contribution in [0.25, 0.3) is 21.8 Å². The molecule has 1 aromatic heterocycles. The Bertz CT molecular complexity index is 723. The van der Waals surface area contributed by atoms with E-state index in [0.29, 0.717) is 0 Å². The SMILES string of the molecule is Cl.Cl.NCCCCCCCNc1c2ccccc2nc2ccccc12. The van der Waals surface area contributed by atoms with Crippen molar-refractivity contribution in [1.29, 1.82) is 0 Å². The molecule has 136 valence electrons. The molecule has 25 heavy (non-hydrogen) atoms. The number of nitrogens with one attached hydrogen (secondary N) is 1. The van der Waals surface area contributed by atoms with Crippen LogP contribution in [-0.2, 0) is 0 Å². The zero-order valence-electron chi connectivity index (χ0n) is 14.4. The monoisotopic (exact) mass is 379 g/mol. The Hall–Kier alpha value is -1.55. The second-order valence-electron chi connectivity index (χ2n) is 6.00. The largest absolute Gasteiger partial charge is 0.384 e. The lowest BCUT2D eigenvalue weighted by Crippen LogP contribution is -2.04.